The summed E-state index contributed by atoms with van der Waals surface area (Å²) in [5.74, 6) is -71.4. The van der Waals surface area contributed by atoms with Crippen molar-refractivity contribution < 1.29 is 97.4 Å². The maximum Gasteiger partial charge on any atom is 0.222 e. The third-order valence-corrected chi connectivity index (χ3v) is 8.97. The minimum Gasteiger partial charge on any atom is -0.268 e. The molecular weight excluding hydrogens is 829 g/mol. The van der Waals surface area contributed by atoms with Crippen LogP contribution in [-0.4, -0.2) is 12.2 Å². The molecule has 1 fully saturated rings. The average Bonchev–Trinajstić information content (AvgIpc) is 3.71. The summed E-state index contributed by atoms with van der Waals surface area (Å²) in [4.78, 5) is 5.69. The lowest BCUT2D eigenvalue weighted by Crippen LogP contribution is -2.81. The van der Waals surface area contributed by atoms with Crippen molar-refractivity contribution in [2.45, 2.75) is 31.8 Å². The zero-order valence-corrected chi connectivity index (χ0v) is 27.3. The predicted molar refractivity (Wildman–Crippen MR) is 155 cm³/mol. The summed E-state index contributed by atoms with van der Waals surface area (Å²) < 4.78 is 296. The number of hydrogen-bond donors (Lipinski definition) is 0. The second kappa shape index (κ2) is 15.8. The predicted octanol–water partition coefficient (Wildman–Crippen LogP) is 7.19. The molecule has 0 spiro atoms. The Labute approximate surface area is 304 Å². The Bertz CT molecular complexity index is 2020. The van der Waals surface area contributed by atoms with Crippen molar-refractivity contribution in [1.29, 1.82) is 0 Å². The van der Waals surface area contributed by atoms with E-state index < -0.39 is 144 Å². The number of halogens is 20. The van der Waals surface area contributed by atoms with Crippen molar-refractivity contribution in [3.63, 3.8) is 0 Å². The van der Waals surface area contributed by atoms with E-state index in [1.807, 2.05) is 30.6 Å². The first-order valence-corrected chi connectivity index (χ1v) is 15.5. The van der Waals surface area contributed by atoms with Gasteiger partial charge in [-0.3, -0.25) is 4.84 Å². The Morgan fingerprint density at radius 2 is 0.544 bits per heavy atom. The van der Waals surface area contributed by atoms with Gasteiger partial charge >= 0.3 is 0 Å². The van der Waals surface area contributed by atoms with Crippen molar-refractivity contribution in [2.75, 3.05) is 0 Å². The zero-order chi connectivity index (χ0) is 42.6. The van der Waals surface area contributed by atoms with Crippen LogP contribution >= 0.6 is 0 Å². The van der Waals surface area contributed by atoms with E-state index in [2.05, 4.69) is 0 Å². The van der Waals surface area contributed by atoms with Crippen LogP contribution in [-0.2, 0) is 0 Å². The second-order valence-corrected chi connectivity index (χ2v) is 12.0. The minimum atomic E-state index is -7.22. The van der Waals surface area contributed by atoms with E-state index in [4.69, 9.17) is 4.84 Å². The molecule has 0 aliphatic heterocycles. The van der Waals surface area contributed by atoms with Crippen molar-refractivity contribution in [3.05, 3.63) is 147 Å². The second-order valence-electron chi connectivity index (χ2n) is 12.0. The number of nitrogens with zero attached hydrogens (tertiary/aromatic N) is 1. The fourth-order valence-electron chi connectivity index (χ4n) is 6.49. The Morgan fingerprint density at radius 3 is 0.772 bits per heavy atom. The number of aromatic nitrogens is 1. The highest BCUT2D eigenvalue weighted by Crippen LogP contribution is 2.30. The Kier molecular flexibility index (Phi) is 11.8. The van der Waals surface area contributed by atoms with E-state index in [1.54, 1.807) is 4.73 Å². The summed E-state index contributed by atoms with van der Waals surface area (Å²) in [6.07, 6.45) is 2.17. The van der Waals surface area contributed by atoms with Gasteiger partial charge < -0.3 is 0 Å². The molecule has 0 amide bonds. The molecule has 23 heteroatoms. The quantitative estimate of drug-likeness (QED) is 0.0581. The fourth-order valence-corrected chi connectivity index (χ4v) is 6.49. The number of hydrogen-bond acceptors (Lipinski definition) is 1. The van der Waals surface area contributed by atoms with Crippen LogP contribution in [0.2, 0.25) is 0 Å². The van der Waals surface area contributed by atoms with Gasteiger partial charge in [0.2, 0.25) is 12.4 Å². The molecule has 0 bridgehead atoms. The van der Waals surface area contributed by atoms with Crippen LogP contribution in [0.25, 0.3) is 0 Å². The van der Waals surface area contributed by atoms with E-state index in [0.717, 1.165) is 0 Å². The van der Waals surface area contributed by atoms with Gasteiger partial charge in [0.15, 0.2) is 75.9 Å². The summed E-state index contributed by atoms with van der Waals surface area (Å²) in [7, 11) is 0. The normalized spacial score (nSPS) is 13.3. The SMILES string of the molecule is Fc1c(F)c(F)c([B-](c2c(F)c(F)c(F)c(F)c2F)(c2c(F)c(F)c(F)c(F)c2F)c2c(F)c(F)c(F)c(F)c2F)c(F)c1F.c1cc[n+](OC2CCCC2)cc1. The van der Waals surface area contributed by atoms with Crippen molar-refractivity contribution in [3.8, 4) is 0 Å². The van der Waals surface area contributed by atoms with Crippen LogP contribution in [0.15, 0.2) is 30.6 Å². The molecule has 0 saturated heterocycles. The molecule has 1 aromatic heterocycles. The van der Waals surface area contributed by atoms with Gasteiger partial charge in [0.25, 0.3) is 0 Å². The van der Waals surface area contributed by atoms with Crippen LogP contribution in [0.5, 0.6) is 0 Å². The zero-order valence-electron chi connectivity index (χ0n) is 27.3. The Hall–Kier alpha value is -5.51. The molecule has 0 atom stereocenters. The highest BCUT2D eigenvalue weighted by molar-refractivity contribution is 7.20. The molecule has 4 aromatic carbocycles. The molecule has 6 rings (SSSR count). The average molecular weight is 843 g/mol. The molecule has 0 unspecified atom stereocenters. The van der Waals surface area contributed by atoms with Crippen LogP contribution in [0.4, 0.5) is 87.8 Å². The summed E-state index contributed by atoms with van der Waals surface area (Å²) in [6, 6.07) is 5.96. The maximum atomic E-state index is 15.4. The summed E-state index contributed by atoms with van der Waals surface area (Å²) in [5, 5.41) is 0. The third-order valence-electron chi connectivity index (χ3n) is 8.97. The number of benzene rings is 4. The van der Waals surface area contributed by atoms with Gasteiger partial charge in [-0.05, 0) is 25.7 Å². The molecule has 0 N–H and O–H groups in total. The number of pyridine rings is 1. The Balaban J connectivity index is 0.000000436. The van der Waals surface area contributed by atoms with E-state index >= 15 is 35.1 Å². The largest absolute Gasteiger partial charge is 0.268 e. The van der Waals surface area contributed by atoms with Crippen LogP contribution in [0, 0.1) is 116 Å². The standard InChI is InChI=1S/C24BF20.C10H14NO/c26-5-1(6(27)14(35)21(42)13(5)34)25(2-7(28)15(36)22(43)16(37)8(2)29,3-9(30)17(38)23(44)18(39)10(3)31)4-11(32)19(40)24(45)20(41)12(4)33;1-4-8-11(9-5-1)12-10-6-2-3-7-10/h;1,4-5,8-10H,2-3,6-7H2/q-1;+1. The van der Waals surface area contributed by atoms with Crippen molar-refractivity contribution >= 4 is 28.0 Å². The van der Waals surface area contributed by atoms with Gasteiger partial charge in [-0.2, -0.15) is 0 Å². The molecule has 1 saturated carbocycles. The van der Waals surface area contributed by atoms with Gasteiger partial charge in [0.1, 0.15) is 52.7 Å². The third kappa shape index (κ3) is 6.66. The van der Waals surface area contributed by atoms with Gasteiger partial charge in [-0.15, -0.1) is 21.9 Å². The molecule has 1 aliphatic carbocycles. The molecule has 304 valence electrons. The molecular formula is C34H14BF20NO. The van der Waals surface area contributed by atoms with Crippen molar-refractivity contribution in [2.24, 2.45) is 0 Å². The first kappa shape index (κ1) is 42.6. The van der Waals surface area contributed by atoms with Gasteiger partial charge in [-0.1, -0.05) is 6.07 Å². The van der Waals surface area contributed by atoms with Crippen LogP contribution in [0.3, 0.4) is 0 Å². The topological polar surface area (TPSA) is 13.1 Å². The first-order chi connectivity index (χ1) is 26.7. The maximum absolute atomic E-state index is 15.4. The number of rotatable bonds is 6. The molecule has 1 aliphatic rings. The molecule has 1 heterocycles. The van der Waals surface area contributed by atoms with Gasteiger partial charge in [0.05, 0.1) is 0 Å². The van der Waals surface area contributed by atoms with Crippen LogP contribution < -0.4 is 31.4 Å². The summed E-state index contributed by atoms with van der Waals surface area (Å²) >= 11 is 0. The van der Waals surface area contributed by atoms with Gasteiger partial charge in [0, 0.05) is 16.9 Å². The van der Waals surface area contributed by atoms with Crippen molar-refractivity contribution in [1.82, 2.24) is 0 Å². The lowest BCUT2D eigenvalue weighted by Gasteiger charge is -2.44. The monoisotopic (exact) mass is 843 g/mol. The van der Waals surface area contributed by atoms with E-state index in [0.29, 0.717) is 6.10 Å². The molecule has 5 aromatic rings. The van der Waals surface area contributed by atoms with Gasteiger partial charge in [-0.25, -0.2) is 87.8 Å². The van der Waals surface area contributed by atoms with E-state index in [-0.39, 0.29) is 0 Å². The molecule has 0 radical (unpaired) electrons. The minimum absolute atomic E-state index is 0.442. The van der Waals surface area contributed by atoms with Crippen LogP contribution in [0.1, 0.15) is 25.7 Å². The molecule has 2 nitrogen and oxygen atoms in total. The van der Waals surface area contributed by atoms with E-state index in [9.17, 15) is 52.7 Å². The highest BCUT2D eigenvalue weighted by Gasteiger charge is 2.52. The van der Waals surface area contributed by atoms with E-state index in [1.165, 1.54) is 25.7 Å². The lowest BCUT2D eigenvalue weighted by atomic mass is 9.12. The summed E-state index contributed by atoms with van der Waals surface area (Å²) in [5.41, 5.74) is -14.3. The first-order valence-electron chi connectivity index (χ1n) is 15.5. The Morgan fingerprint density at radius 1 is 0.333 bits per heavy atom. The smallest absolute Gasteiger partial charge is 0.222 e. The highest BCUT2D eigenvalue weighted by atomic mass is 19.2. The molecule has 57 heavy (non-hydrogen) atoms. The fraction of sp³-hybridized carbons (Fsp3) is 0.147. The summed E-state index contributed by atoms with van der Waals surface area (Å²) in [6.45, 7) is 0. The lowest BCUT2D eigenvalue weighted by molar-refractivity contribution is -0.898.